The zero-order valence-corrected chi connectivity index (χ0v) is 12.0. The molecule has 0 radical (unpaired) electrons. The number of carbonyl (C=O) groups excluding carboxylic acids is 2. The van der Waals surface area contributed by atoms with E-state index in [2.05, 4.69) is 21.2 Å². The number of halogens is 1. The molecule has 1 rings (SSSR count). The number of hydrogen-bond acceptors (Lipinski definition) is 3. The van der Waals surface area contributed by atoms with E-state index < -0.39 is 12.0 Å². The lowest BCUT2D eigenvalue weighted by atomic mass is 10.1. The van der Waals surface area contributed by atoms with Crippen molar-refractivity contribution in [3.05, 3.63) is 35.4 Å². The number of esters is 1. The molecule has 4 nitrogen and oxygen atoms in total. The zero-order chi connectivity index (χ0) is 13.5. The van der Waals surface area contributed by atoms with Gasteiger partial charge in [-0.1, -0.05) is 28.1 Å². The van der Waals surface area contributed by atoms with E-state index in [0.29, 0.717) is 12.2 Å². The van der Waals surface area contributed by atoms with Gasteiger partial charge in [0.2, 0.25) is 0 Å². The van der Waals surface area contributed by atoms with Crippen LogP contribution in [-0.2, 0) is 14.9 Å². The van der Waals surface area contributed by atoms with Crippen LogP contribution in [-0.4, -0.2) is 24.5 Å². The van der Waals surface area contributed by atoms with Crippen LogP contribution < -0.4 is 5.32 Å². The Morgan fingerprint density at radius 2 is 1.94 bits per heavy atom. The maximum absolute atomic E-state index is 11.8. The van der Waals surface area contributed by atoms with E-state index in [0.717, 1.165) is 10.9 Å². The van der Waals surface area contributed by atoms with Gasteiger partial charge in [-0.05, 0) is 31.5 Å². The molecule has 0 aliphatic carbocycles. The van der Waals surface area contributed by atoms with Gasteiger partial charge in [0.15, 0.2) is 0 Å². The Balaban J connectivity index is 2.61. The van der Waals surface area contributed by atoms with E-state index in [1.54, 1.807) is 26.0 Å². The lowest BCUT2D eigenvalue weighted by molar-refractivity contribution is -0.144. The SMILES string of the molecule is CCOC(=O)C(C)NC(=O)c1ccc(CBr)cc1. The minimum atomic E-state index is -0.645. The van der Waals surface area contributed by atoms with Crippen molar-refractivity contribution >= 4 is 27.8 Å². The molecule has 0 saturated carbocycles. The Kier molecular flexibility index (Phi) is 5.85. The Bertz CT molecular complexity index is 417. The molecular weight excluding hydrogens is 298 g/mol. The number of hydrogen-bond donors (Lipinski definition) is 1. The van der Waals surface area contributed by atoms with Crippen LogP contribution in [0.5, 0.6) is 0 Å². The van der Waals surface area contributed by atoms with Crippen LogP contribution in [0.3, 0.4) is 0 Å². The van der Waals surface area contributed by atoms with Gasteiger partial charge in [0.05, 0.1) is 6.61 Å². The first-order chi connectivity index (χ1) is 8.58. The second-order valence-corrected chi connectivity index (χ2v) is 4.34. The molecule has 1 aromatic rings. The van der Waals surface area contributed by atoms with Crippen molar-refractivity contribution in [3.8, 4) is 0 Å². The summed E-state index contributed by atoms with van der Waals surface area (Å²) in [6.07, 6.45) is 0. The highest BCUT2D eigenvalue weighted by Gasteiger charge is 2.17. The minimum absolute atomic E-state index is 0.281. The summed E-state index contributed by atoms with van der Waals surface area (Å²) in [5.74, 6) is -0.709. The summed E-state index contributed by atoms with van der Waals surface area (Å²) in [6, 6.07) is 6.53. The van der Waals surface area contributed by atoms with Gasteiger partial charge >= 0.3 is 5.97 Å². The summed E-state index contributed by atoms with van der Waals surface area (Å²) < 4.78 is 4.82. The van der Waals surface area contributed by atoms with Gasteiger partial charge < -0.3 is 10.1 Å². The fourth-order valence-electron chi connectivity index (χ4n) is 1.35. The number of carbonyl (C=O) groups is 2. The van der Waals surface area contributed by atoms with Crippen molar-refractivity contribution in [3.63, 3.8) is 0 Å². The second kappa shape index (κ2) is 7.16. The molecule has 0 fully saturated rings. The first-order valence-electron chi connectivity index (χ1n) is 5.71. The number of nitrogens with one attached hydrogen (secondary N) is 1. The summed E-state index contributed by atoms with van der Waals surface area (Å²) >= 11 is 3.33. The Morgan fingerprint density at radius 3 is 2.44 bits per heavy atom. The zero-order valence-electron chi connectivity index (χ0n) is 10.4. The van der Waals surface area contributed by atoms with Gasteiger partial charge in [-0.2, -0.15) is 0 Å². The third kappa shape index (κ3) is 4.14. The van der Waals surface area contributed by atoms with Gasteiger partial charge in [-0.25, -0.2) is 4.79 Å². The van der Waals surface area contributed by atoms with Gasteiger partial charge in [0.1, 0.15) is 6.04 Å². The van der Waals surface area contributed by atoms with Crippen LogP contribution in [0.25, 0.3) is 0 Å². The largest absolute Gasteiger partial charge is 0.464 e. The summed E-state index contributed by atoms with van der Waals surface area (Å²) in [6.45, 7) is 3.63. The average Bonchev–Trinajstić information content (AvgIpc) is 2.39. The van der Waals surface area contributed by atoms with E-state index in [-0.39, 0.29) is 5.91 Å². The third-order valence-electron chi connectivity index (χ3n) is 2.36. The predicted molar refractivity (Wildman–Crippen MR) is 72.6 cm³/mol. The maximum Gasteiger partial charge on any atom is 0.328 e. The number of benzene rings is 1. The molecule has 1 atom stereocenters. The Morgan fingerprint density at radius 1 is 1.33 bits per heavy atom. The highest BCUT2D eigenvalue weighted by molar-refractivity contribution is 9.08. The number of rotatable bonds is 5. The van der Waals surface area contributed by atoms with E-state index in [1.165, 1.54) is 0 Å². The monoisotopic (exact) mass is 313 g/mol. The second-order valence-electron chi connectivity index (χ2n) is 3.78. The van der Waals surface area contributed by atoms with Gasteiger partial charge in [0, 0.05) is 10.9 Å². The molecule has 98 valence electrons. The highest BCUT2D eigenvalue weighted by atomic mass is 79.9. The molecule has 1 N–H and O–H groups in total. The first-order valence-corrected chi connectivity index (χ1v) is 6.83. The van der Waals surface area contributed by atoms with Crippen molar-refractivity contribution in [1.82, 2.24) is 5.32 Å². The van der Waals surface area contributed by atoms with Gasteiger partial charge in [-0.3, -0.25) is 4.79 Å². The molecule has 0 bridgehead atoms. The van der Waals surface area contributed by atoms with Gasteiger partial charge in [0.25, 0.3) is 5.91 Å². The average molecular weight is 314 g/mol. The summed E-state index contributed by atoms with van der Waals surface area (Å²) in [4.78, 5) is 23.2. The minimum Gasteiger partial charge on any atom is -0.464 e. The normalized spacial score (nSPS) is 11.7. The molecule has 1 aromatic carbocycles. The lowest BCUT2D eigenvalue weighted by Gasteiger charge is -2.12. The van der Waals surface area contributed by atoms with Crippen LogP contribution in [0.15, 0.2) is 24.3 Å². The molecular formula is C13H16BrNO3. The lowest BCUT2D eigenvalue weighted by Crippen LogP contribution is -2.39. The number of ether oxygens (including phenoxy) is 1. The fourth-order valence-corrected chi connectivity index (χ4v) is 1.73. The summed E-state index contributed by atoms with van der Waals surface area (Å²) in [5, 5.41) is 3.34. The molecule has 1 amide bonds. The number of amides is 1. The standard InChI is InChI=1S/C13H16BrNO3/c1-3-18-13(17)9(2)15-12(16)11-6-4-10(8-14)5-7-11/h4-7,9H,3,8H2,1-2H3,(H,15,16). The molecule has 0 saturated heterocycles. The Labute approximate surface area is 115 Å². The number of alkyl halides is 1. The maximum atomic E-state index is 11.8. The molecule has 0 aliphatic heterocycles. The van der Waals surface area contributed by atoms with Crippen molar-refractivity contribution in [2.45, 2.75) is 25.2 Å². The van der Waals surface area contributed by atoms with Gasteiger partial charge in [-0.15, -0.1) is 0 Å². The quantitative estimate of drug-likeness (QED) is 0.670. The van der Waals surface area contributed by atoms with Crippen LogP contribution in [0, 0.1) is 0 Å². The van der Waals surface area contributed by atoms with Crippen LogP contribution in [0.1, 0.15) is 29.8 Å². The van der Waals surface area contributed by atoms with Crippen molar-refractivity contribution in [1.29, 1.82) is 0 Å². The van der Waals surface area contributed by atoms with Crippen molar-refractivity contribution < 1.29 is 14.3 Å². The Hall–Kier alpha value is -1.36. The van der Waals surface area contributed by atoms with E-state index in [4.69, 9.17) is 4.74 Å². The third-order valence-corrected chi connectivity index (χ3v) is 3.01. The van der Waals surface area contributed by atoms with Crippen LogP contribution in [0.2, 0.25) is 0 Å². The van der Waals surface area contributed by atoms with Crippen LogP contribution >= 0.6 is 15.9 Å². The highest BCUT2D eigenvalue weighted by Crippen LogP contribution is 2.08. The molecule has 0 heterocycles. The molecule has 0 spiro atoms. The summed E-state index contributed by atoms with van der Waals surface area (Å²) in [7, 11) is 0. The predicted octanol–water partition coefficient (Wildman–Crippen LogP) is 2.26. The molecule has 1 unspecified atom stereocenters. The van der Waals surface area contributed by atoms with E-state index >= 15 is 0 Å². The molecule has 5 heteroatoms. The molecule has 0 aromatic heterocycles. The smallest absolute Gasteiger partial charge is 0.328 e. The fraction of sp³-hybridized carbons (Fsp3) is 0.385. The van der Waals surface area contributed by atoms with Crippen molar-refractivity contribution in [2.24, 2.45) is 0 Å². The van der Waals surface area contributed by atoms with Crippen LogP contribution in [0.4, 0.5) is 0 Å². The van der Waals surface area contributed by atoms with E-state index in [9.17, 15) is 9.59 Å². The first kappa shape index (κ1) is 14.7. The van der Waals surface area contributed by atoms with Crippen molar-refractivity contribution in [2.75, 3.05) is 6.61 Å². The molecule has 18 heavy (non-hydrogen) atoms. The topological polar surface area (TPSA) is 55.4 Å². The summed E-state index contributed by atoms with van der Waals surface area (Å²) in [5.41, 5.74) is 1.61. The van der Waals surface area contributed by atoms with E-state index in [1.807, 2.05) is 12.1 Å². The molecule has 0 aliphatic rings.